The van der Waals surface area contributed by atoms with Gasteiger partial charge in [0.05, 0.1) is 10.6 Å². The molecule has 28 heavy (non-hydrogen) atoms. The molecule has 1 saturated heterocycles. The second-order valence-electron chi connectivity index (χ2n) is 6.65. The molecule has 0 bridgehead atoms. The van der Waals surface area contributed by atoms with E-state index in [4.69, 9.17) is 0 Å². The molecule has 150 valence electrons. The molecule has 1 aromatic carbocycles. The van der Waals surface area contributed by atoms with E-state index in [1.165, 1.54) is 19.3 Å². The number of nitrogens with one attached hydrogen (secondary N) is 3. The van der Waals surface area contributed by atoms with Crippen molar-refractivity contribution in [3.8, 4) is 0 Å². The number of piperazine rings is 1. The number of para-hydroxylation sites is 1. The van der Waals surface area contributed by atoms with Gasteiger partial charge in [-0.25, -0.2) is 13.4 Å². The first-order valence-corrected chi connectivity index (χ1v) is 10.8. The summed E-state index contributed by atoms with van der Waals surface area (Å²) < 4.78 is 24.2. The largest absolute Gasteiger partial charge is 0.355 e. The molecule has 0 unspecified atom stereocenters. The van der Waals surface area contributed by atoms with Crippen LogP contribution in [0.15, 0.2) is 35.4 Å². The molecule has 0 aliphatic carbocycles. The summed E-state index contributed by atoms with van der Waals surface area (Å²) in [7, 11) is -1.94. The topological polar surface area (TPSA) is 116 Å². The SMILES string of the molecule is CNC(=O)c1cnc(N2CCNC[C@H]2C)nc1Nc1ccccc1S(C)(=O)=O. The number of carbonyl (C=O) groups is 1. The van der Waals surface area contributed by atoms with Crippen molar-refractivity contribution in [3.63, 3.8) is 0 Å². The smallest absolute Gasteiger partial charge is 0.256 e. The Balaban J connectivity index is 2.05. The standard InChI is InChI=1S/C18H24N6O3S/c1-12-10-20-8-9-24(12)18-21-11-13(17(25)19-2)16(23-18)22-14-6-4-5-7-15(14)28(3,26)27/h4-7,11-12,20H,8-10H2,1-3H3,(H,19,25)(H,21,22,23)/t12-/m1/s1. The number of nitrogens with zero attached hydrogens (tertiary/aromatic N) is 3. The van der Waals surface area contributed by atoms with E-state index in [1.807, 2.05) is 0 Å². The number of sulfone groups is 1. The highest BCUT2D eigenvalue weighted by atomic mass is 32.2. The Morgan fingerprint density at radius 2 is 2.07 bits per heavy atom. The van der Waals surface area contributed by atoms with Crippen molar-refractivity contribution in [3.05, 3.63) is 36.0 Å². The van der Waals surface area contributed by atoms with Gasteiger partial charge >= 0.3 is 0 Å². The van der Waals surface area contributed by atoms with E-state index in [0.717, 1.165) is 25.9 Å². The molecule has 1 amide bonds. The van der Waals surface area contributed by atoms with Crippen LogP contribution in [0, 0.1) is 0 Å². The summed E-state index contributed by atoms with van der Waals surface area (Å²) in [6, 6.07) is 6.71. The van der Waals surface area contributed by atoms with Gasteiger partial charge in [-0.2, -0.15) is 4.98 Å². The predicted octanol–water partition coefficient (Wildman–Crippen LogP) is 0.781. The van der Waals surface area contributed by atoms with Crippen LogP contribution in [0.1, 0.15) is 17.3 Å². The molecule has 1 aromatic heterocycles. The summed E-state index contributed by atoms with van der Waals surface area (Å²) in [6.45, 7) is 4.42. The van der Waals surface area contributed by atoms with Crippen LogP contribution < -0.4 is 20.9 Å². The van der Waals surface area contributed by atoms with Gasteiger partial charge in [-0.3, -0.25) is 4.79 Å². The number of rotatable bonds is 5. The molecule has 2 heterocycles. The van der Waals surface area contributed by atoms with E-state index in [2.05, 4.69) is 37.7 Å². The second kappa shape index (κ2) is 8.11. The first-order valence-electron chi connectivity index (χ1n) is 8.94. The second-order valence-corrected chi connectivity index (χ2v) is 8.64. The normalized spacial score (nSPS) is 17.2. The third kappa shape index (κ3) is 4.23. The maximum absolute atomic E-state index is 12.3. The molecule has 1 aliphatic heterocycles. The molecule has 10 heteroatoms. The zero-order valence-electron chi connectivity index (χ0n) is 16.1. The van der Waals surface area contributed by atoms with Crippen LogP contribution in [0.25, 0.3) is 0 Å². The molecule has 2 aromatic rings. The summed E-state index contributed by atoms with van der Waals surface area (Å²) in [5.74, 6) is 0.381. The quantitative estimate of drug-likeness (QED) is 0.670. The van der Waals surface area contributed by atoms with Gasteiger partial charge in [-0.1, -0.05) is 12.1 Å². The summed E-state index contributed by atoms with van der Waals surface area (Å²) in [4.78, 5) is 23.4. The minimum absolute atomic E-state index is 0.133. The van der Waals surface area contributed by atoms with Gasteiger partial charge in [0.2, 0.25) is 5.95 Å². The third-order valence-corrected chi connectivity index (χ3v) is 5.70. The number of carbonyl (C=O) groups excluding carboxylic acids is 1. The molecule has 1 fully saturated rings. The molecule has 3 N–H and O–H groups in total. The lowest BCUT2D eigenvalue weighted by molar-refractivity contribution is 0.0963. The Morgan fingerprint density at radius 3 is 2.75 bits per heavy atom. The van der Waals surface area contributed by atoms with Crippen LogP contribution in [-0.2, 0) is 9.84 Å². The summed E-state index contributed by atoms with van der Waals surface area (Å²) in [5, 5.41) is 8.89. The van der Waals surface area contributed by atoms with Crippen LogP contribution in [0.3, 0.4) is 0 Å². The van der Waals surface area contributed by atoms with E-state index in [9.17, 15) is 13.2 Å². The van der Waals surface area contributed by atoms with Crippen molar-refractivity contribution < 1.29 is 13.2 Å². The molecule has 0 spiro atoms. The van der Waals surface area contributed by atoms with Crippen LogP contribution in [0.5, 0.6) is 0 Å². The number of amides is 1. The van der Waals surface area contributed by atoms with E-state index in [0.29, 0.717) is 11.6 Å². The summed E-state index contributed by atoms with van der Waals surface area (Å²) in [6.07, 6.45) is 2.60. The molecule has 9 nitrogen and oxygen atoms in total. The fourth-order valence-corrected chi connectivity index (χ4v) is 3.91. The summed E-state index contributed by atoms with van der Waals surface area (Å²) >= 11 is 0. The molecule has 3 rings (SSSR count). The van der Waals surface area contributed by atoms with Gasteiger partial charge in [0.1, 0.15) is 11.4 Å². The van der Waals surface area contributed by atoms with Crippen molar-refractivity contribution in [1.29, 1.82) is 0 Å². The van der Waals surface area contributed by atoms with Crippen LogP contribution in [0.2, 0.25) is 0 Å². The van der Waals surface area contributed by atoms with Crippen molar-refractivity contribution in [2.45, 2.75) is 17.9 Å². The molecular weight excluding hydrogens is 380 g/mol. The van der Waals surface area contributed by atoms with Gasteiger partial charge in [0.25, 0.3) is 5.91 Å². The van der Waals surface area contributed by atoms with Crippen molar-refractivity contribution in [2.24, 2.45) is 0 Å². The maximum atomic E-state index is 12.3. The van der Waals surface area contributed by atoms with Gasteiger partial charge < -0.3 is 20.9 Å². The summed E-state index contributed by atoms with van der Waals surface area (Å²) in [5.41, 5.74) is 0.588. The minimum Gasteiger partial charge on any atom is -0.355 e. The Bertz CT molecular complexity index is 979. The molecular formula is C18H24N6O3S. The average molecular weight is 404 g/mol. The molecule has 1 aliphatic rings. The predicted molar refractivity (Wildman–Crippen MR) is 108 cm³/mol. The fraction of sp³-hybridized carbons (Fsp3) is 0.389. The lowest BCUT2D eigenvalue weighted by Crippen LogP contribution is -2.50. The van der Waals surface area contributed by atoms with E-state index < -0.39 is 9.84 Å². The number of aromatic nitrogens is 2. The fourth-order valence-electron chi connectivity index (χ4n) is 3.07. The number of hydrogen-bond donors (Lipinski definition) is 3. The Morgan fingerprint density at radius 1 is 1.32 bits per heavy atom. The number of benzene rings is 1. The van der Waals surface area contributed by atoms with Gasteiger partial charge in [-0.15, -0.1) is 0 Å². The van der Waals surface area contributed by atoms with E-state index in [-0.39, 0.29) is 28.2 Å². The first-order chi connectivity index (χ1) is 13.3. The van der Waals surface area contributed by atoms with Gasteiger partial charge in [0.15, 0.2) is 9.84 Å². The van der Waals surface area contributed by atoms with Gasteiger partial charge in [-0.05, 0) is 19.1 Å². The number of anilines is 3. The third-order valence-electron chi connectivity index (χ3n) is 4.55. The van der Waals surface area contributed by atoms with E-state index >= 15 is 0 Å². The Kier molecular flexibility index (Phi) is 5.80. The lowest BCUT2D eigenvalue weighted by Gasteiger charge is -2.34. The zero-order chi connectivity index (χ0) is 20.3. The van der Waals surface area contributed by atoms with Crippen molar-refractivity contribution >= 4 is 33.2 Å². The minimum atomic E-state index is -3.46. The first kappa shape index (κ1) is 20.0. The Hall–Kier alpha value is -2.72. The molecule has 0 saturated carbocycles. The maximum Gasteiger partial charge on any atom is 0.256 e. The van der Waals surface area contributed by atoms with Crippen LogP contribution in [-0.4, -0.2) is 63.3 Å². The lowest BCUT2D eigenvalue weighted by atomic mass is 10.2. The average Bonchev–Trinajstić information content (AvgIpc) is 2.67. The molecule has 0 radical (unpaired) electrons. The zero-order valence-corrected chi connectivity index (χ0v) is 16.9. The van der Waals surface area contributed by atoms with Gasteiger partial charge in [0, 0.05) is 45.2 Å². The highest BCUT2D eigenvalue weighted by molar-refractivity contribution is 7.90. The highest BCUT2D eigenvalue weighted by Gasteiger charge is 2.23. The Labute approximate surface area is 164 Å². The highest BCUT2D eigenvalue weighted by Crippen LogP contribution is 2.27. The van der Waals surface area contributed by atoms with Crippen molar-refractivity contribution in [1.82, 2.24) is 20.6 Å². The molecule has 1 atom stereocenters. The van der Waals surface area contributed by atoms with E-state index in [1.54, 1.807) is 18.2 Å². The number of hydrogen-bond acceptors (Lipinski definition) is 8. The van der Waals surface area contributed by atoms with Crippen molar-refractivity contribution in [2.75, 3.05) is 43.2 Å². The monoisotopic (exact) mass is 404 g/mol. The van der Waals surface area contributed by atoms with Crippen LogP contribution in [0.4, 0.5) is 17.5 Å². The van der Waals surface area contributed by atoms with Crippen LogP contribution >= 0.6 is 0 Å².